The third kappa shape index (κ3) is 5.02. The lowest BCUT2D eigenvalue weighted by Crippen LogP contribution is -2.33. The molecule has 1 aliphatic rings. The topological polar surface area (TPSA) is 33.3 Å². The molecule has 132 valence electrons. The zero-order valence-electron chi connectivity index (χ0n) is 13.0. The minimum absolute atomic E-state index is 0.116. The molecule has 0 aliphatic carbocycles. The first kappa shape index (κ1) is 17.9. The molecule has 0 amide bonds. The number of fused-ring (bicyclic) bond motifs is 1. The number of rotatable bonds is 3. The van der Waals surface area contributed by atoms with E-state index in [1.165, 1.54) is 34.7 Å². The van der Waals surface area contributed by atoms with E-state index in [0.29, 0.717) is 10.8 Å². The molecule has 25 heavy (non-hydrogen) atoms. The Labute approximate surface area is 152 Å². The number of hydrogen-bond donors (Lipinski definition) is 2. The average Bonchev–Trinajstić information content (AvgIpc) is 2.56. The molecule has 1 aliphatic heterocycles. The van der Waals surface area contributed by atoms with E-state index in [0.717, 1.165) is 12.2 Å². The van der Waals surface area contributed by atoms with Crippen LogP contribution in [0.5, 0.6) is 5.75 Å². The molecule has 2 aromatic carbocycles. The molecule has 3 rings (SSSR count). The molecular weight excluding hydrogens is 369 g/mol. The molecule has 0 spiro atoms. The fraction of sp³-hybridized carbons (Fsp3) is 0.235. The van der Waals surface area contributed by atoms with Gasteiger partial charge in [-0.05, 0) is 54.5 Å². The van der Waals surface area contributed by atoms with Crippen LogP contribution in [0, 0.1) is 0 Å². The van der Waals surface area contributed by atoms with Crippen molar-refractivity contribution in [1.29, 1.82) is 0 Å². The minimum Gasteiger partial charge on any atom is -0.406 e. The van der Waals surface area contributed by atoms with Gasteiger partial charge in [0, 0.05) is 16.3 Å². The maximum absolute atomic E-state index is 12.2. The van der Waals surface area contributed by atoms with Gasteiger partial charge in [-0.3, -0.25) is 0 Å². The monoisotopic (exact) mass is 384 g/mol. The molecule has 1 heterocycles. The largest absolute Gasteiger partial charge is 0.573 e. The third-order valence-electron chi connectivity index (χ3n) is 3.61. The third-order valence-corrected chi connectivity index (χ3v) is 4.95. The molecule has 0 aromatic heterocycles. The fourth-order valence-electron chi connectivity index (χ4n) is 2.56. The molecule has 0 radical (unpaired) electrons. The van der Waals surface area contributed by atoms with Gasteiger partial charge in [0.05, 0.1) is 6.04 Å². The van der Waals surface area contributed by atoms with Crippen molar-refractivity contribution in [2.24, 2.45) is 0 Å². The lowest BCUT2D eigenvalue weighted by atomic mass is 10.0. The summed E-state index contributed by atoms with van der Waals surface area (Å²) >= 11 is 7.15. The summed E-state index contributed by atoms with van der Waals surface area (Å²) in [7, 11) is 0. The summed E-state index contributed by atoms with van der Waals surface area (Å²) in [4.78, 5) is 1.24. The van der Waals surface area contributed by atoms with Crippen molar-refractivity contribution in [1.82, 2.24) is 5.32 Å². The van der Waals surface area contributed by atoms with Gasteiger partial charge in [0.25, 0.3) is 0 Å². The Balaban J connectivity index is 1.60. The maximum atomic E-state index is 12.2. The van der Waals surface area contributed by atoms with Crippen LogP contribution in [-0.4, -0.2) is 17.2 Å². The van der Waals surface area contributed by atoms with E-state index in [1.807, 2.05) is 23.9 Å². The summed E-state index contributed by atoms with van der Waals surface area (Å²) in [6, 6.07) is 13.7. The van der Waals surface area contributed by atoms with E-state index in [1.54, 1.807) is 0 Å². The summed E-state index contributed by atoms with van der Waals surface area (Å²) < 4.78 is 40.3. The normalized spacial score (nSPS) is 16.7. The quantitative estimate of drug-likeness (QED) is 0.719. The van der Waals surface area contributed by atoms with Crippen LogP contribution >= 0.6 is 24.0 Å². The van der Waals surface area contributed by atoms with Crippen LogP contribution < -0.4 is 15.4 Å². The number of anilines is 1. The number of thioether (sulfide) groups is 1. The first-order valence-electron chi connectivity index (χ1n) is 7.56. The average molecular weight is 384 g/mol. The van der Waals surface area contributed by atoms with Crippen LogP contribution in [0.25, 0.3) is 0 Å². The standard InChI is InChI=1S/C17H15F3N2OS2/c18-17(19,20)23-12-7-5-11(6-8-12)21-16(24)22-14-9-10-25-15-4-2-1-3-13(14)15/h1-8,14H,9-10H2,(H2,21,22,24)/t14-/m0/s1. The second kappa shape index (κ2) is 7.53. The van der Waals surface area contributed by atoms with Gasteiger partial charge in [-0.15, -0.1) is 24.9 Å². The highest BCUT2D eigenvalue weighted by molar-refractivity contribution is 7.99. The number of thiocarbonyl (C=S) groups is 1. The van der Waals surface area contributed by atoms with Crippen LogP contribution in [0.3, 0.4) is 0 Å². The Morgan fingerprint density at radius 1 is 1.12 bits per heavy atom. The lowest BCUT2D eigenvalue weighted by molar-refractivity contribution is -0.274. The van der Waals surface area contributed by atoms with Crippen molar-refractivity contribution in [2.45, 2.75) is 23.7 Å². The first-order valence-corrected chi connectivity index (χ1v) is 8.95. The molecule has 1 atom stereocenters. The highest BCUT2D eigenvalue weighted by Crippen LogP contribution is 2.35. The van der Waals surface area contributed by atoms with E-state index in [-0.39, 0.29) is 11.8 Å². The Bertz CT molecular complexity index is 750. The fourth-order valence-corrected chi connectivity index (χ4v) is 3.94. The first-order chi connectivity index (χ1) is 11.9. The molecule has 0 saturated heterocycles. The van der Waals surface area contributed by atoms with Crippen LogP contribution in [0.2, 0.25) is 0 Å². The van der Waals surface area contributed by atoms with Crippen molar-refractivity contribution in [3.63, 3.8) is 0 Å². The van der Waals surface area contributed by atoms with Crippen molar-refractivity contribution in [3.8, 4) is 5.75 Å². The smallest absolute Gasteiger partial charge is 0.406 e. The minimum atomic E-state index is -4.70. The molecule has 3 nitrogen and oxygen atoms in total. The highest BCUT2D eigenvalue weighted by Gasteiger charge is 2.31. The van der Waals surface area contributed by atoms with Crippen LogP contribution in [0.4, 0.5) is 18.9 Å². The van der Waals surface area contributed by atoms with Gasteiger partial charge in [-0.25, -0.2) is 0 Å². The van der Waals surface area contributed by atoms with Gasteiger partial charge in [-0.2, -0.15) is 0 Å². The molecule has 0 unspecified atom stereocenters. The number of halogens is 3. The van der Waals surface area contributed by atoms with Gasteiger partial charge in [0.1, 0.15) is 5.75 Å². The van der Waals surface area contributed by atoms with Crippen LogP contribution in [0.15, 0.2) is 53.4 Å². The summed E-state index contributed by atoms with van der Waals surface area (Å²) in [5, 5.41) is 6.69. The number of hydrogen-bond acceptors (Lipinski definition) is 3. The van der Waals surface area contributed by atoms with E-state index in [9.17, 15) is 13.2 Å². The predicted molar refractivity (Wildman–Crippen MR) is 97.0 cm³/mol. The zero-order valence-corrected chi connectivity index (χ0v) is 14.6. The van der Waals surface area contributed by atoms with Gasteiger partial charge in [0.2, 0.25) is 0 Å². The highest BCUT2D eigenvalue weighted by atomic mass is 32.2. The second-order valence-electron chi connectivity index (χ2n) is 5.40. The Hall–Kier alpha value is -1.93. The molecule has 2 aromatic rings. The molecule has 2 N–H and O–H groups in total. The van der Waals surface area contributed by atoms with Crippen LogP contribution in [0.1, 0.15) is 18.0 Å². The van der Waals surface area contributed by atoms with E-state index >= 15 is 0 Å². The van der Waals surface area contributed by atoms with Gasteiger partial charge in [0.15, 0.2) is 5.11 Å². The Morgan fingerprint density at radius 3 is 2.56 bits per heavy atom. The SMILES string of the molecule is FC(F)(F)Oc1ccc(NC(=S)N[C@H]2CCSc3ccccc32)cc1. The van der Waals surface area contributed by atoms with E-state index < -0.39 is 6.36 Å². The summed E-state index contributed by atoms with van der Waals surface area (Å²) in [6.07, 6.45) is -3.75. The summed E-state index contributed by atoms with van der Waals surface area (Å²) in [5.74, 6) is 0.732. The van der Waals surface area contributed by atoms with Crippen LogP contribution in [-0.2, 0) is 0 Å². The Kier molecular flexibility index (Phi) is 5.39. The molecule has 0 fully saturated rings. The van der Waals surface area contributed by atoms with Crippen molar-refractivity contribution in [3.05, 3.63) is 54.1 Å². The molecule has 0 bridgehead atoms. The number of alkyl halides is 3. The lowest BCUT2D eigenvalue weighted by Gasteiger charge is -2.27. The zero-order chi connectivity index (χ0) is 17.9. The van der Waals surface area contributed by atoms with Crippen molar-refractivity contribution in [2.75, 3.05) is 11.1 Å². The van der Waals surface area contributed by atoms with E-state index in [2.05, 4.69) is 27.5 Å². The van der Waals surface area contributed by atoms with Crippen molar-refractivity contribution >= 4 is 34.8 Å². The maximum Gasteiger partial charge on any atom is 0.573 e. The summed E-state index contributed by atoms with van der Waals surface area (Å²) in [6.45, 7) is 0. The van der Waals surface area contributed by atoms with Gasteiger partial charge >= 0.3 is 6.36 Å². The van der Waals surface area contributed by atoms with E-state index in [4.69, 9.17) is 12.2 Å². The molecule has 0 saturated carbocycles. The Morgan fingerprint density at radius 2 is 1.84 bits per heavy atom. The number of ether oxygens (including phenoxy) is 1. The van der Waals surface area contributed by atoms with Gasteiger partial charge in [-0.1, -0.05) is 18.2 Å². The second-order valence-corrected chi connectivity index (χ2v) is 6.94. The van der Waals surface area contributed by atoms with Crippen molar-refractivity contribution < 1.29 is 17.9 Å². The molecule has 8 heteroatoms. The molecular formula is C17H15F3N2OS2. The number of benzene rings is 2. The predicted octanol–water partition coefficient (Wildman–Crippen LogP) is 5.11. The number of nitrogens with one attached hydrogen (secondary N) is 2. The van der Waals surface area contributed by atoms with Gasteiger partial charge < -0.3 is 15.4 Å². The summed E-state index contributed by atoms with van der Waals surface area (Å²) in [5.41, 5.74) is 1.79.